The van der Waals surface area contributed by atoms with E-state index >= 15 is 0 Å². The molecule has 0 amide bonds. The average molecular weight is 229 g/mol. The van der Waals surface area contributed by atoms with Crippen LogP contribution in [-0.2, 0) is 13.6 Å². The van der Waals surface area contributed by atoms with Crippen molar-refractivity contribution in [1.82, 2.24) is 30.2 Å². The van der Waals surface area contributed by atoms with E-state index in [1.165, 1.54) is 0 Å². The number of H-pyrrole nitrogens is 1. The fourth-order valence-electron chi connectivity index (χ4n) is 1.72. The zero-order chi connectivity index (χ0) is 11.7. The van der Waals surface area contributed by atoms with Crippen LogP contribution in [0.15, 0.2) is 24.3 Å². The smallest absolute Gasteiger partial charge is 0.203 e. The minimum atomic E-state index is 0.494. The van der Waals surface area contributed by atoms with Gasteiger partial charge in [0, 0.05) is 7.05 Å². The van der Waals surface area contributed by atoms with Crippen molar-refractivity contribution in [1.29, 1.82) is 0 Å². The molecule has 0 atom stereocenters. The van der Waals surface area contributed by atoms with Gasteiger partial charge < -0.3 is 9.88 Å². The van der Waals surface area contributed by atoms with Crippen LogP contribution in [0.1, 0.15) is 5.82 Å². The summed E-state index contributed by atoms with van der Waals surface area (Å²) >= 11 is 0. The normalized spacial score (nSPS) is 10.9. The Hall–Kier alpha value is -2.44. The molecule has 2 aromatic heterocycles. The van der Waals surface area contributed by atoms with Gasteiger partial charge in [0.05, 0.1) is 17.6 Å². The lowest BCUT2D eigenvalue weighted by Crippen LogP contribution is -2.06. The van der Waals surface area contributed by atoms with Crippen LogP contribution < -0.4 is 5.32 Å². The molecule has 0 bridgehead atoms. The first kappa shape index (κ1) is 9.76. The molecule has 7 heteroatoms. The first-order valence-corrected chi connectivity index (χ1v) is 5.22. The summed E-state index contributed by atoms with van der Waals surface area (Å²) in [6, 6.07) is 7.97. The summed E-state index contributed by atoms with van der Waals surface area (Å²) in [5.41, 5.74) is 2.05. The molecule has 3 aromatic rings. The predicted molar refractivity (Wildman–Crippen MR) is 62.2 cm³/mol. The Balaban J connectivity index is 1.88. The Bertz CT molecular complexity index is 625. The number of nitrogens with zero attached hydrogens (tertiary/aromatic N) is 5. The molecule has 86 valence electrons. The third kappa shape index (κ3) is 1.71. The molecule has 0 radical (unpaired) electrons. The Labute approximate surface area is 96.9 Å². The summed E-state index contributed by atoms with van der Waals surface area (Å²) in [4.78, 5) is 4.48. The van der Waals surface area contributed by atoms with Crippen LogP contribution in [0.3, 0.4) is 0 Å². The largest absolute Gasteiger partial charge is 0.348 e. The maximum atomic E-state index is 4.48. The second kappa shape index (κ2) is 3.85. The lowest BCUT2D eigenvalue weighted by atomic mass is 10.3. The minimum Gasteiger partial charge on any atom is -0.348 e. The molecule has 0 fully saturated rings. The summed E-state index contributed by atoms with van der Waals surface area (Å²) in [5, 5.41) is 16.8. The highest BCUT2D eigenvalue weighted by atomic mass is 15.5. The van der Waals surface area contributed by atoms with Crippen LogP contribution in [0.5, 0.6) is 0 Å². The van der Waals surface area contributed by atoms with Crippen molar-refractivity contribution >= 4 is 17.0 Å². The van der Waals surface area contributed by atoms with Crippen molar-refractivity contribution in [3.8, 4) is 0 Å². The van der Waals surface area contributed by atoms with Crippen molar-refractivity contribution in [2.45, 2.75) is 6.54 Å². The Morgan fingerprint density at radius 1 is 1.35 bits per heavy atom. The number of para-hydroxylation sites is 2. The van der Waals surface area contributed by atoms with E-state index in [-0.39, 0.29) is 0 Å². The van der Waals surface area contributed by atoms with Gasteiger partial charge in [-0.1, -0.05) is 17.3 Å². The Morgan fingerprint density at radius 3 is 3.00 bits per heavy atom. The van der Waals surface area contributed by atoms with E-state index in [2.05, 4.69) is 30.9 Å². The van der Waals surface area contributed by atoms with Gasteiger partial charge in [0.15, 0.2) is 5.82 Å². The SMILES string of the molecule is Cn1c(NCc2nn[nH]n2)nc2ccccc21. The topological polar surface area (TPSA) is 84.3 Å². The zero-order valence-electron chi connectivity index (χ0n) is 9.25. The molecule has 0 saturated carbocycles. The molecule has 0 aliphatic heterocycles. The number of aromatic nitrogens is 6. The van der Waals surface area contributed by atoms with Crippen LogP contribution in [0.25, 0.3) is 11.0 Å². The number of tetrazole rings is 1. The van der Waals surface area contributed by atoms with Gasteiger partial charge in [0.2, 0.25) is 5.95 Å². The first-order chi connectivity index (χ1) is 8.34. The molecule has 0 saturated heterocycles. The molecule has 2 N–H and O–H groups in total. The molecule has 0 aliphatic rings. The predicted octanol–water partition coefficient (Wildman–Crippen LogP) is 0.698. The number of fused-ring (bicyclic) bond motifs is 1. The molecular formula is C10H11N7. The highest BCUT2D eigenvalue weighted by Gasteiger charge is 2.07. The van der Waals surface area contributed by atoms with Crippen molar-refractivity contribution in [3.63, 3.8) is 0 Å². The van der Waals surface area contributed by atoms with E-state index in [0.717, 1.165) is 17.0 Å². The van der Waals surface area contributed by atoms with Gasteiger partial charge in [-0.25, -0.2) is 4.98 Å². The van der Waals surface area contributed by atoms with Gasteiger partial charge in [-0.15, -0.1) is 10.2 Å². The third-order valence-corrected chi connectivity index (χ3v) is 2.58. The lowest BCUT2D eigenvalue weighted by Gasteiger charge is -2.02. The molecule has 3 rings (SSSR count). The molecular weight excluding hydrogens is 218 g/mol. The highest BCUT2D eigenvalue weighted by molar-refractivity contribution is 5.78. The molecule has 0 spiro atoms. The number of rotatable bonds is 3. The molecule has 2 heterocycles. The van der Waals surface area contributed by atoms with Gasteiger partial charge in [-0.05, 0) is 12.1 Å². The number of hydrogen-bond acceptors (Lipinski definition) is 5. The molecule has 1 aromatic carbocycles. The zero-order valence-corrected chi connectivity index (χ0v) is 9.25. The first-order valence-electron chi connectivity index (χ1n) is 5.22. The molecule has 17 heavy (non-hydrogen) atoms. The second-order valence-corrected chi connectivity index (χ2v) is 3.66. The maximum absolute atomic E-state index is 4.48. The van der Waals surface area contributed by atoms with Crippen LogP contribution in [0.2, 0.25) is 0 Å². The van der Waals surface area contributed by atoms with Crippen molar-refractivity contribution in [2.24, 2.45) is 7.05 Å². The summed E-state index contributed by atoms with van der Waals surface area (Å²) in [5.74, 6) is 1.40. The summed E-state index contributed by atoms with van der Waals surface area (Å²) < 4.78 is 2.00. The number of imidazole rings is 1. The summed E-state index contributed by atoms with van der Waals surface area (Å²) in [6.07, 6.45) is 0. The average Bonchev–Trinajstić information content (AvgIpc) is 2.96. The fraction of sp³-hybridized carbons (Fsp3) is 0.200. The summed E-state index contributed by atoms with van der Waals surface area (Å²) in [7, 11) is 1.97. The van der Waals surface area contributed by atoms with E-state index in [9.17, 15) is 0 Å². The third-order valence-electron chi connectivity index (χ3n) is 2.58. The van der Waals surface area contributed by atoms with Crippen LogP contribution in [0.4, 0.5) is 5.95 Å². The standard InChI is InChI=1S/C10H11N7/c1-17-8-5-3-2-4-7(8)12-10(17)11-6-9-13-15-16-14-9/h2-5H,6H2,1H3,(H,11,12)(H,13,14,15,16). The molecule has 7 nitrogen and oxygen atoms in total. The van der Waals surface area contributed by atoms with E-state index in [4.69, 9.17) is 0 Å². The summed E-state index contributed by atoms with van der Waals surface area (Å²) in [6.45, 7) is 0.494. The number of hydrogen-bond donors (Lipinski definition) is 2. The lowest BCUT2D eigenvalue weighted by molar-refractivity contribution is 0.881. The van der Waals surface area contributed by atoms with Crippen molar-refractivity contribution in [3.05, 3.63) is 30.1 Å². The molecule has 0 aliphatic carbocycles. The monoisotopic (exact) mass is 229 g/mol. The van der Waals surface area contributed by atoms with Gasteiger partial charge in [0.25, 0.3) is 0 Å². The number of benzene rings is 1. The fourth-order valence-corrected chi connectivity index (χ4v) is 1.72. The number of nitrogens with one attached hydrogen (secondary N) is 2. The molecule has 0 unspecified atom stereocenters. The second-order valence-electron chi connectivity index (χ2n) is 3.66. The van der Waals surface area contributed by atoms with Crippen molar-refractivity contribution in [2.75, 3.05) is 5.32 Å². The number of aromatic amines is 1. The Morgan fingerprint density at radius 2 is 2.24 bits per heavy atom. The highest BCUT2D eigenvalue weighted by Crippen LogP contribution is 2.17. The van der Waals surface area contributed by atoms with E-state index in [1.807, 2.05) is 35.9 Å². The van der Waals surface area contributed by atoms with E-state index in [1.54, 1.807) is 0 Å². The Kier molecular flexibility index (Phi) is 2.21. The van der Waals surface area contributed by atoms with Crippen molar-refractivity contribution < 1.29 is 0 Å². The minimum absolute atomic E-state index is 0.494. The van der Waals surface area contributed by atoms with Gasteiger partial charge in [-0.2, -0.15) is 5.21 Å². The number of anilines is 1. The maximum Gasteiger partial charge on any atom is 0.203 e. The van der Waals surface area contributed by atoms with Gasteiger partial charge >= 0.3 is 0 Å². The van der Waals surface area contributed by atoms with E-state index in [0.29, 0.717) is 12.4 Å². The van der Waals surface area contributed by atoms with Crippen LogP contribution in [0, 0.1) is 0 Å². The van der Waals surface area contributed by atoms with Gasteiger partial charge in [-0.3, -0.25) is 0 Å². The van der Waals surface area contributed by atoms with Crippen LogP contribution in [-0.4, -0.2) is 30.2 Å². The number of aryl methyl sites for hydroxylation is 1. The quantitative estimate of drug-likeness (QED) is 0.690. The van der Waals surface area contributed by atoms with Crippen LogP contribution >= 0.6 is 0 Å². The van der Waals surface area contributed by atoms with Gasteiger partial charge in [0.1, 0.15) is 0 Å². The van der Waals surface area contributed by atoms with E-state index < -0.39 is 0 Å².